The fourth-order valence-electron chi connectivity index (χ4n) is 4.31. The monoisotopic (exact) mass is 570 g/mol. The number of nitrogens with zero attached hydrogens (tertiary/aromatic N) is 2. The van der Waals surface area contributed by atoms with Crippen LogP contribution in [-0.2, 0) is 14.3 Å². The molecule has 1 unspecified atom stereocenters. The lowest BCUT2D eigenvalue weighted by Gasteiger charge is -2.25. The number of aliphatic hydroxyl groups is 1. The number of amides is 1. The zero-order chi connectivity index (χ0) is 28.4. The lowest BCUT2D eigenvalue weighted by molar-refractivity contribution is -0.132. The molecule has 0 saturated carbocycles. The molecule has 39 heavy (non-hydrogen) atoms. The van der Waals surface area contributed by atoms with Gasteiger partial charge in [-0.25, -0.2) is 4.79 Å². The average Bonchev–Trinajstić information content (AvgIpc) is 3.18. The summed E-state index contributed by atoms with van der Waals surface area (Å²) in [6.07, 6.45) is 2.65. The zero-order valence-electron chi connectivity index (χ0n) is 21.4. The van der Waals surface area contributed by atoms with Crippen molar-refractivity contribution in [2.75, 3.05) is 19.1 Å². The molecule has 1 fully saturated rings. The number of ether oxygens (including phenoxy) is 3. The van der Waals surface area contributed by atoms with Gasteiger partial charge in [-0.3, -0.25) is 19.5 Å². The first kappa shape index (κ1) is 27.9. The Hall–Kier alpha value is -4.08. The van der Waals surface area contributed by atoms with E-state index in [9.17, 15) is 19.5 Å². The van der Waals surface area contributed by atoms with Gasteiger partial charge in [0, 0.05) is 18.1 Å². The van der Waals surface area contributed by atoms with Gasteiger partial charge in [-0.2, -0.15) is 0 Å². The molecule has 1 atom stereocenters. The van der Waals surface area contributed by atoms with E-state index in [0.29, 0.717) is 5.56 Å². The number of carbonyl (C=O) groups is 3. The van der Waals surface area contributed by atoms with Gasteiger partial charge in [0.15, 0.2) is 11.5 Å². The number of hydrogen-bond donors (Lipinski definition) is 1. The summed E-state index contributed by atoms with van der Waals surface area (Å²) in [5.74, 6) is -2.95. The number of hydrogen-bond acceptors (Lipinski definition) is 8. The second kappa shape index (κ2) is 11.3. The van der Waals surface area contributed by atoms with E-state index >= 15 is 0 Å². The summed E-state index contributed by atoms with van der Waals surface area (Å²) in [6, 6.07) is 9.63. The fourth-order valence-corrected chi connectivity index (χ4v) is 5.00. The number of rotatable bonds is 7. The number of pyridine rings is 1. The maximum Gasteiger partial charge on any atom is 0.338 e. The molecule has 1 aliphatic heterocycles. The van der Waals surface area contributed by atoms with Gasteiger partial charge in [0.05, 0.1) is 48.1 Å². The highest BCUT2D eigenvalue weighted by atomic mass is 35.5. The summed E-state index contributed by atoms with van der Waals surface area (Å²) < 4.78 is 15.9. The van der Waals surface area contributed by atoms with E-state index in [1.54, 1.807) is 38.1 Å². The van der Waals surface area contributed by atoms with Gasteiger partial charge in [0.25, 0.3) is 11.7 Å². The predicted molar refractivity (Wildman–Crippen MR) is 146 cm³/mol. The summed E-state index contributed by atoms with van der Waals surface area (Å²) in [5.41, 5.74) is 0.579. The number of aliphatic hydroxyl groups excluding tert-OH is 1. The minimum absolute atomic E-state index is 0.00928. The highest BCUT2D eigenvalue weighted by molar-refractivity contribution is 6.52. The van der Waals surface area contributed by atoms with Crippen molar-refractivity contribution in [1.29, 1.82) is 0 Å². The SMILES string of the molecule is COc1c(Cl)cc(/C(O)=C2\C(=O)C(=O)N(c3cccc(C(=O)OC(C)C)c3)C2c2cccnc2)c(OC)c1Cl. The molecule has 1 aromatic heterocycles. The second-order valence-electron chi connectivity index (χ2n) is 8.75. The zero-order valence-corrected chi connectivity index (χ0v) is 22.9. The Morgan fingerprint density at radius 3 is 2.38 bits per heavy atom. The Labute approximate surface area is 234 Å². The smallest absolute Gasteiger partial charge is 0.338 e. The number of benzene rings is 2. The largest absolute Gasteiger partial charge is 0.507 e. The Bertz CT molecular complexity index is 1490. The first-order chi connectivity index (χ1) is 18.6. The van der Waals surface area contributed by atoms with Gasteiger partial charge in [-0.15, -0.1) is 0 Å². The lowest BCUT2D eigenvalue weighted by Crippen LogP contribution is -2.29. The van der Waals surface area contributed by atoms with Crippen molar-refractivity contribution >= 4 is 52.3 Å². The Morgan fingerprint density at radius 2 is 1.77 bits per heavy atom. The summed E-state index contributed by atoms with van der Waals surface area (Å²) in [7, 11) is 2.69. The van der Waals surface area contributed by atoms with E-state index in [2.05, 4.69) is 4.98 Å². The summed E-state index contributed by atoms with van der Waals surface area (Å²) >= 11 is 12.7. The third-order valence-electron chi connectivity index (χ3n) is 5.94. The second-order valence-corrected chi connectivity index (χ2v) is 9.53. The number of esters is 1. The molecule has 1 N–H and O–H groups in total. The van der Waals surface area contributed by atoms with Crippen molar-refractivity contribution in [1.82, 2.24) is 4.98 Å². The van der Waals surface area contributed by atoms with Gasteiger partial charge in [0.2, 0.25) is 0 Å². The molecule has 2 heterocycles. The van der Waals surface area contributed by atoms with E-state index in [1.165, 1.54) is 49.7 Å². The molecule has 1 amide bonds. The highest BCUT2D eigenvalue weighted by Crippen LogP contribution is 2.48. The van der Waals surface area contributed by atoms with Crippen LogP contribution >= 0.6 is 23.2 Å². The van der Waals surface area contributed by atoms with Gasteiger partial charge >= 0.3 is 5.97 Å². The molecule has 0 aliphatic carbocycles. The third kappa shape index (κ3) is 5.15. The van der Waals surface area contributed by atoms with Crippen LogP contribution in [0.25, 0.3) is 5.76 Å². The number of anilines is 1. The van der Waals surface area contributed by atoms with Crippen LogP contribution in [-0.4, -0.2) is 48.1 Å². The minimum Gasteiger partial charge on any atom is -0.507 e. The average molecular weight is 571 g/mol. The van der Waals surface area contributed by atoms with Crippen molar-refractivity contribution in [3.8, 4) is 11.5 Å². The topological polar surface area (TPSA) is 115 Å². The molecule has 1 saturated heterocycles. The van der Waals surface area contributed by atoms with Gasteiger partial charge in [-0.1, -0.05) is 35.3 Å². The summed E-state index contributed by atoms with van der Waals surface area (Å²) in [5, 5.41) is 11.5. The molecule has 1 aliphatic rings. The van der Waals surface area contributed by atoms with Gasteiger partial charge in [-0.05, 0) is 49.7 Å². The van der Waals surface area contributed by atoms with Crippen molar-refractivity contribution in [2.24, 2.45) is 0 Å². The molecular weight excluding hydrogens is 547 g/mol. The number of carbonyl (C=O) groups excluding carboxylic acids is 3. The van der Waals surface area contributed by atoms with E-state index in [4.69, 9.17) is 37.4 Å². The first-order valence-corrected chi connectivity index (χ1v) is 12.5. The van der Waals surface area contributed by atoms with Crippen LogP contribution in [0.15, 0.2) is 60.4 Å². The number of halogens is 2. The summed E-state index contributed by atoms with van der Waals surface area (Å²) in [6.45, 7) is 3.43. The number of ketones is 1. The van der Waals surface area contributed by atoms with Crippen LogP contribution in [0.4, 0.5) is 5.69 Å². The van der Waals surface area contributed by atoms with E-state index in [0.717, 1.165) is 0 Å². The maximum atomic E-state index is 13.5. The van der Waals surface area contributed by atoms with Crippen molar-refractivity contribution in [2.45, 2.75) is 26.0 Å². The van der Waals surface area contributed by atoms with Crippen molar-refractivity contribution in [3.63, 3.8) is 0 Å². The van der Waals surface area contributed by atoms with Crippen molar-refractivity contribution in [3.05, 3.63) is 87.2 Å². The van der Waals surface area contributed by atoms with Gasteiger partial charge < -0.3 is 19.3 Å². The van der Waals surface area contributed by atoms with Gasteiger partial charge in [0.1, 0.15) is 10.8 Å². The minimum atomic E-state index is -1.11. The molecule has 0 spiro atoms. The molecule has 202 valence electrons. The standard InChI is InChI=1S/C28H24Cl2N2O7/c1-14(2)39-28(36)15-7-5-9-17(11-15)32-22(16-8-6-10-31-13-16)20(24(34)27(32)35)23(33)18-12-19(29)26(38-4)21(30)25(18)37-3/h5-14,22,33H,1-4H3/b23-20+. The maximum absolute atomic E-state index is 13.5. The van der Waals surface area contributed by atoms with Crippen LogP contribution in [0.1, 0.15) is 41.4 Å². The summed E-state index contributed by atoms with van der Waals surface area (Å²) in [4.78, 5) is 44.8. The number of aromatic nitrogens is 1. The fraction of sp³-hybridized carbons (Fsp3) is 0.214. The van der Waals surface area contributed by atoms with Crippen LogP contribution in [0.3, 0.4) is 0 Å². The highest BCUT2D eigenvalue weighted by Gasteiger charge is 2.47. The number of Topliss-reactive ketones (excluding diaryl/α,β-unsaturated/α-hetero) is 1. The third-order valence-corrected chi connectivity index (χ3v) is 6.57. The molecule has 0 bridgehead atoms. The van der Waals surface area contributed by atoms with E-state index < -0.39 is 29.5 Å². The molecule has 9 nitrogen and oxygen atoms in total. The van der Waals surface area contributed by atoms with Crippen LogP contribution in [0, 0.1) is 0 Å². The quantitative estimate of drug-likeness (QED) is 0.169. The first-order valence-electron chi connectivity index (χ1n) is 11.7. The molecule has 4 rings (SSSR count). The lowest BCUT2D eigenvalue weighted by atomic mass is 9.95. The molecule has 2 aromatic carbocycles. The van der Waals surface area contributed by atoms with Crippen LogP contribution < -0.4 is 14.4 Å². The van der Waals surface area contributed by atoms with Crippen LogP contribution in [0.2, 0.25) is 10.0 Å². The number of methoxy groups -OCH3 is 2. The Morgan fingerprint density at radius 1 is 1.05 bits per heavy atom. The van der Waals surface area contributed by atoms with Crippen molar-refractivity contribution < 1.29 is 33.7 Å². The van der Waals surface area contributed by atoms with E-state index in [1.807, 2.05) is 0 Å². The van der Waals surface area contributed by atoms with Crippen LogP contribution in [0.5, 0.6) is 11.5 Å². The molecule has 3 aromatic rings. The molecule has 11 heteroatoms. The normalized spacial score (nSPS) is 16.5. The molecule has 0 radical (unpaired) electrons. The Balaban J connectivity index is 1.95. The predicted octanol–water partition coefficient (Wildman–Crippen LogP) is 5.60. The molecular formula is C28H24Cl2N2O7. The Kier molecular flexibility index (Phi) is 8.13. The van der Waals surface area contributed by atoms with E-state index in [-0.39, 0.29) is 50.0 Å².